The van der Waals surface area contributed by atoms with E-state index in [4.69, 9.17) is 0 Å². The number of H-pyrrole nitrogens is 1. The highest BCUT2D eigenvalue weighted by atomic mass is 32.1. The molecule has 0 saturated carbocycles. The van der Waals surface area contributed by atoms with Crippen LogP contribution in [-0.4, -0.2) is 33.3 Å². The van der Waals surface area contributed by atoms with Crippen molar-refractivity contribution in [3.63, 3.8) is 0 Å². The molecule has 0 radical (unpaired) electrons. The first-order valence-corrected chi connectivity index (χ1v) is 4.92. The summed E-state index contributed by atoms with van der Waals surface area (Å²) in [5.41, 5.74) is 0.901. The number of rotatable bonds is 5. The average molecular weight is 215 g/mol. The highest BCUT2D eigenvalue weighted by Crippen LogP contribution is 2.19. The van der Waals surface area contributed by atoms with E-state index in [1.165, 1.54) is 12.3 Å². The maximum Gasteiger partial charge on any atom is 0.166 e. The van der Waals surface area contributed by atoms with Gasteiger partial charge in [-0.3, -0.25) is 4.79 Å². The summed E-state index contributed by atoms with van der Waals surface area (Å²) in [4.78, 5) is 13.0. The third kappa shape index (κ3) is 2.60. The van der Waals surface area contributed by atoms with Crippen molar-refractivity contribution in [3.8, 4) is 0 Å². The predicted octanol–water partition coefficient (Wildman–Crippen LogP) is 0.541. The van der Waals surface area contributed by atoms with Crippen LogP contribution < -0.4 is 0 Å². The van der Waals surface area contributed by atoms with Crippen LogP contribution in [0.3, 0.4) is 0 Å². The molecule has 2 unspecified atom stereocenters. The number of carbonyl (C=O) groups excluding carboxylic acids is 1. The monoisotopic (exact) mass is 215 g/mol. The summed E-state index contributed by atoms with van der Waals surface area (Å²) in [6.07, 6.45) is 0.762. The van der Waals surface area contributed by atoms with Gasteiger partial charge in [0, 0.05) is 11.8 Å². The molecule has 1 heterocycles. The van der Waals surface area contributed by atoms with Crippen LogP contribution >= 0.6 is 12.6 Å². The van der Waals surface area contributed by atoms with Crippen LogP contribution in [0.4, 0.5) is 0 Å². The number of hydrogen-bond acceptors (Lipinski definition) is 4. The largest absolute Gasteiger partial charge is 0.390 e. The van der Waals surface area contributed by atoms with Crippen molar-refractivity contribution in [2.24, 2.45) is 0 Å². The van der Waals surface area contributed by atoms with Gasteiger partial charge in [-0.05, 0) is 18.2 Å². The van der Waals surface area contributed by atoms with Crippen molar-refractivity contribution in [2.45, 2.75) is 18.6 Å². The van der Waals surface area contributed by atoms with Crippen molar-refractivity contribution in [2.75, 3.05) is 5.75 Å². The number of aliphatic hydroxyl groups excluding tert-OH is 2. The van der Waals surface area contributed by atoms with E-state index >= 15 is 0 Å². The van der Waals surface area contributed by atoms with Crippen LogP contribution in [0, 0.1) is 0 Å². The van der Waals surface area contributed by atoms with E-state index in [9.17, 15) is 15.0 Å². The summed E-state index contributed by atoms with van der Waals surface area (Å²) in [7, 11) is 0. The maximum atomic E-state index is 10.4. The summed E-state index contributed by atoms with van der Waals surface area (Å²) in [6, 6.07) is 1.51. The van der Waals surface area contributed by atoms with Crippen molar-refractivity contribution >= 4 is 18.9 Å². The molecule has 0 aliphatic carbocycles. The molecular weight excluding hydrogens is 202 g/mol. The van der Waals surface area contributed by atoms with Crippen molar-refractivity contribution in [1.29, 1.82) is 0 Å². The van der Waals surface area contributed by atoms with Gasteiger partial charge in [0.2, 0.25) is 0 Å². The van der Waals surface area contributed by atoms with Crippen LogP contribution in [0.5, 0.6) is 0 Å². The highest BCUT2D eigenvalue weighted by Gasteiger charge is 2.18. The Kier molecular flexibility index (Phi) is 4.19. The van der Waals surface area contributed by atoms with E-state index in [0.29, 0.717) is 29.7 Å². The topological polar surface area (TPSA) is 73.3 Å². The molecule has 0 aliphatic rings. The lowest BCUT2D eigenvalue weighted by Crippen LogP contribution is -2.18. The van der Waals surface area contributed by atoms with E-state index < -0.39 is 12.2 Å². The van der Waals surface area contributed by atoms with Crippen molar-refractivity contribution < 1.29 is 15.0 Å². The lowest BCUT2D eigenvalue weighted by Gasteiger charge is -2.15. The van der Waals surface area contributed by atoms with Gasteiger partial charge >= 0.3 is 0 Å². The molecule has 78 valence electrons. The van der Waals surface area contributed by atoms with Crippen LogP contribution in [0.2, 0.25) is 0 Å². The molecule has 1 aromatic heterocycles. The standard InChI is InChI=1S/C9H13NO3S/c11-5-7-3-6(4-10-7)9(13)8(12)1-2-14/h3-5,8-10,12-14H,1-2H2. The molecule has 14 heavy (non-hydrogen) atoms. The molecule has 3 N–H and O–H groups in total. The first kappa shape index (κ1) is 11.3. The molecule has 0 aromatic carbocycles. The fraction of sp³-hybridized carbons (Fsp3) is 0.444. The number of thiol groups is 1. The summed E-state index contributed by atoms with van der Waals surface area (Å²) in [5.74, 6) is 0.503. The number of hydrogen-bond donors (Lipinski definition) is 4. The van der Waals surface area contributed by atoms with Gasteiger partial charge in [-0.25, -0.2) is 0 Å². The Balaban J connectivity index is 2.67. The molecule has 5 heteroatoms. The lowest BCUT2D eigenvalue weighted by atomic mass is 10.1. The second-order valence-corrected chi connectivity index (χ2v) is 3.48. The minimum atomic E-state index is -0.966. The summed E-state index contributed by atoms with van der Waals surface area (Å²) < 4.78 is 0. The summed E-state index contributed by atoms with van der Waals surface area (Å²) >= 11 is 3.96. The van der Waals surface area contributed by atoms with E-state index in [2.05, 4.69) is 17.6 Å². The Labute approximate surface area is 87.4 Å². The van der Waals surface area contributed by atoms with E-state index in [1.54, 1.807) is 0 Å². The molecule has 2 atom stereocenters. The average Bonchev–Trinajstić information content (AvgIpc) is 2.65. The Morgan fingerprint density at radius 1 is 1.57 bits per heavy atom. The number of aliphatic hydroxyl groups is 2. The number of aromatic amines is 1. The van der Waals surface area contributed by atoms with E-state index in [0.717, 1.165) is 0 Å². The molecule has 0 saturated heterocycles. The minimum absolute atomic E-state index is 0.386. The molecule has 0 amide bonds. The maximum absolute atomic E-state index is 10.4. The molecule has 0 aliphatic heterocycles. The zero-order chi connectivity index (χ0) is 10.6. The Bertz CT molecular complexity index is 300. The van der Waals surface area contributed by atoms with Crippen molar-refractivity contribution in [3.05, 3.63) is 23.5 Å². The molecule has 1 aromatic rings. The molecule has 0 fully saturated rings. The Morgan fingerprint density at radius 3 is 2.79 bits per heavy atom. The van der Waals surface area contributed by atoms with E-state index in [-0.39, 0.29) is 0 Å². The lowest BCUT2D eigenvalue weighted by molar-refractivity contribution is 0.0173. The van der Waals surface area contributed by atoms with Crippen LogP contribution in [-0.2, 0) is 0 Å². The third-order valence-corrected chi connectivity index (χ3v) is 2.24. The molecule has 0 spiro atoms. The summed E-state index contributed by atoms with van der Waals surface area (Å²) in [5, 5.41) is 19.1. The molecule has 4 nitrogen and oxygen atoms in total. The first-order valence-electron chi connectivity index (χ1n) is 4.29. The predicted molar refractivity (Wildman–Crippen MR) is 55.6 cm³/mol. The zero-order valence-electron chi connectivity index (χ0n) is 7.55. The second kappa shape index (κ2) is 5.19. The van der Waals surface area contributed by atoms with Gasteiger partial charge in [-0.2, -0.15) is 12.6 Å². The van der Waals surface area contributed by atoms with Gasteiger partial charge in [0.05, 0.1) is 11.8 Å². The molecular formula is C9H13NO3S. The highest BCUT2D eigenvalue weighted by molar-refractivity contribution is 7.80. The quantitative estimate of drug-likeness (QED) is 0.428. The van der Waals surface area contributed by atoms with Gasteiger partial charge in [-0.1, -0.05) is 0 Å². The van der Waals surface area contributed by atoms with Gasteiger partial charge in [0.1, 0.15) is 6.10 Å². The smallest absolute Gasteiger partial charge is 0.166 e. The van der Waals surface area contributed by atoms with Crippen molar-refractivity contribution in [1.82, 2.24) is 4.98 Å². The fourth-order valence-corrected chi connectivity index (χ4v) is 1.45. The minimum Gasteiger partial charge on any atom is -0.390 e. The Hall–Kier alpha value is -0.780. The Morgan fingerprint density at radius 2 is 2.29 bits per heavy atom. The van der Waals surface area contributed by atoms with Gasteiger partial charge in [0.15, 0.2) is 6.29 Å². The fourth-order valence-electron chi connectivity index (χ4n) is 1.18. The van der Waals surface area contributed by atoms with Gasteiger partial charge in [0.25, 0.3) is 0 Å². The molecule has 1 rings (SSSR count). The zero-order valence-corrected chi connectivity index (χ0v) is 8.45. The molecule has 0 bridgehead atoms. The van der Waals surface area contributed by atoms with E-state index in [1.807, 2.05) is 0 Å². The number of carbonyl (C=O) groups is 1. The first-order chi connectivity index (χ1) is 6.69. The third-order valence-electron chi connectivity index (χ3n) is 1.99. The SMILES string of the molecule is O=Cc1cc(C(O)C(O)CCS)c[nH]1. The van der Waals surface area contributed by atoms with Crippen LogP contribution in [0.15, 0.2) is 12.3 Å². The number of aldehydes is 1. The van der Waals surface area contributed by atoms with Gasteiger partial charge in [-0.15, -0.1) is 0 Å². The summed E-state index contributed by atoms with van der Waals surface area (Å²) in [6.45, 7) is 0. The van der Waals surface area contributed by atoms with Gasteiger partial charge < -0.3 is 15.2 Å². The normalized spacial score (nSPS) is 15.1. The van der Waals surface area contributed by atoms with Crippen LogP contribution in [0.1, 0.15) is 28.6 Å². The number of aromatic nitrogens is 1. The second-order valence-electron chi connectivity index (χ2n) is 3.03. The van der Waals surface area contributed by atoms with Crippen LogP contribution in [0.25, 0.3) is 0 Å². The number of nitrogens with one attached hydrogen (secondary N) is 1.